The van der Waals surface area contributed by atoms with Gasteiger partial charge >= 0.3 is 5.97 Å². The van der Waals surface area contributed by atoms with Crippen LogP contribution < -0.4 is 0 Å². The lowest BCUT2D eigenvalue weighted by Gasteiger charge is -2.15. The number of carboxylic acids is 1. The molecule has 0 aliphatic heterocycles. The maximum atomic E-state index is 13.2. The van der Waals surface area contributed by atoms with Gasteiger partial charge < -0.3 is 5.11 Å². The van der Waals surface area contributed by atoms with Gasteiger partial charge in [0.2, 0.25) is 10.0 Å². The van der Waals surface area contributed by atoms with Crippen molar-refractivity contribution >= 4 is 16.0 Å². The van der Waals surface area contributed by atoms with Crippen LogP contribution in [0.25, 0.3) is 0 Å². The van der Waals surface area contributed by atoms with Gasteiger partial charge in [0.25, 0.3) is 0 Å². The Morgan fingerprint density at radius 1 is 1.56 bits per heavy atom. The molecule has 0 spiro atoms. The summed E-state index contributed by atoms with van der Waals surface area (Å²) in [5, 5.41) is 8.73. The van der Waals surface area contributed by atoms with E-state index in [-0.39, 0.29) is 11.4 Å². The fraction of sp³-hybridized carbons (Fsp3) is 0.182. The topological polar surface area (TPSA) is 74.7 Å². The van der Waals surface area contributed by atoms with Gasteiger partial charge in [0, 0.05) is 13.6 Å². The van der Waals surface area contributed by atoms with E-state index in [1.165, 1.54) is 13.1 Å². The van der Waals surface area contributed by atoms with E-state index in [0.717, 1.165) is 22.5 Å². The molecular formula is C11H12FNO4S. The van der Waals surface area contributed by atoms with Gasteiger partial charge in [-0.15, -0.1) is 6.58 Å². The molecule has 1 N–H and O–H groups in total. The minimum Gasteiger partial charge on any atom is -0.478 e. The van der Waals surface area contributed by atoms with Crippen LogP contribution in [0.1, 0.15) is 10.4 Å². The molecular weight excluding hydrogens is 261 g/mol. The lowest BCUT2D eigenvalue weighted by Crippen LogP contribution is -2.27. The predicted octanol–water partition coefficient (Wildman–Crippen LogP) is 1.33. The van der Waals surface area contributed by atoms with Gasteiger partial charge in [0.05, 0.1) is 10.5 Å². The first kappa shape index (κ1) is 14.3. The quantitative estimate of drug-likeness (QED) is 0.821. The number of nitrogens with zero attached hydrogens (tertiary/aromatic N) is 1. The summed E-state index contributed by atoms with van der Waals surface area (Å²) in [4.78, 5) is 10.5. The third-order valence-electron chi connectivity index (χ3n) is 2.26. The van der Waals surface area contributed by atoms with Crippen LogP contribution in [0.2, 0.25) is 0 Å². The van der Waals surface area contributed by atoms with Crippen molar-refractivity contribution in [1.82, 2.24) is 4.31 Å². The summed E-state index contributed by atoms with van der Waals surface area (Å²) in [7, 11) is -2.52. The Hall–Kier alpha value is -1.73. The highest BCUT2D eigenvalue weighted by atomic mass is 32.2. The minimum atomic E-state index is -3.84. The highest BCUT2D eigenvalue weighted by Crippen LogP contribution is 2.18. The largest absolute Gasteiger partial charge is 0.478 e. The maximum Gasteiger partial charge on any atom is 0.338 e. The third kappa shape index (κ3) is 2.74. The summed E-state index contributed by atoms with van der Waals surface area (Å²) in [6, 6.07) is 2.64. The van der Waals surface area contributed by atoms with Gasteiger partial charge in [-0.25, -0.2) is 17.6 Å². The van der Waals surface area contributed by atoms with Crippen LogP contribution in [-0.4, -0.2) is 37.4 Å². The Labute approximate surface area is 104 Å². The van der Waals surface area contributed by atoms with Crippen molar-refractivity contribution in [1.29, 1.82) is 0 Å². The molecule has 5 nitrogen and oxygen atoms in total. The van der Waals surface area contributed by atoms with Crippen molar-refractivity contribution in [2.45, 2.75) is 4.90 Å². The van der Waals surface area contributed by atoms with Crippen molar-refractivity contribution in [3.05, 3.63) is 42.2 Å². The number of likely N-dealkylation sites (N-methyl/N-ethyl adjacent to an activating group) is 1. The van der Waals surface area contributed by atoms with Crippen molar-refractivity contribution in [3.63, 3.8) is 0 Å². The number of sulfonamides is 1. The van der Waals surface area contributed by atoms with E-state index >= 15 is 0 Å². The van der Waals surface area contributed by atoms with Crippen molar-refractivity contribution in [3.8, 4) is 0 Å². The molecule has 18 heavy (non-hydrogen) atoms. The zero-order valence-electron chi connectivity index (χ0n) is 9.63. The normalized spacial score (nSPS) is 11.5. The molecule has 1 aromatic rings. The second-order valence-corrected chi connectivity index (χ2v) is 5.57. The molecule has 0 fully saturated rings. The Bertz CT molecular complexity index is 583. The van der Waals surface area contributed by atoms with Gasteiger partial charge in [0.1, 0.15) is 5.82 Å². The Morgan fingerprint density at radius 3 is 2.67 bits per heavy atom. The van der Waals surface area contributed by atoms with E-state index in [4.69, 9.17) is 5.11 Å². The third-order valence-corrected chi connectivity index (χ3v) is 4.08. The van der Waals surface area contributed by atoms with E-state index in [0.29, 0.717) is 0 Å². The highest BCUT2D eigenvalue weighted by molar-refractivity contribution is 7.89. The number of benzene rings is 1. The zero-order valence-corrected chi connectivity index (χ0v) is 10.4. The van der Waals surface area contributed by atoms with Crippen LogP contribution >= 0.6 is 0 Å². The fourth-order valence-corrected chi connectivity index (χ4v) is 2.46. The standard InChI is InChI=1S/C11H12FNO4S/c1-3-6-13(2)18(16,17)8-4-5-10(12)9(7-8)11(14)15/h3-5,7H,1,6H2,2H3,(H,14,15). The van der Waals surface area contributed by atoms with Crippen molar-refractivity contribution in [2.75, 3.05) is 13.6 Å². The number of carboxylic acid groups (broad SMARTS) is 1. The molecule has 0 unspecified atom stereocenters. The first-order valence-electron chi connectivity index (χ1n) is 4.90. The molecule has 0 atom stereocenters. The molecule has 0 radical (unpaired) electrons. The van der Waals surface area contributed by atoms with E-state index in [1.54, 1.807) is 0 Å². The number of hydrogen-bond acceptors (Lipinski definition) is 3. The van der Waals surface area contributed by atoms with Gasteiger partial charge in [-0.1, -0.05) is 6.08 Å². The molecule has 0 saturated carbocycles. The molecule has 0 aromatic heterocycles. The smallest absolute Gasteiger partial charge is 0.338 e. The van der Waals surface area contributed by atoms with Crippen LogP contribution in [0, 0.1) is 5.82 Å². The summed E-state index contributed by atoms with van der Waals surface area (Å²) in [5.41, 5.74) is -0.678. The number of halogens is 1. The SMILES string of the molecule is C=CCN(C)S(=O)(=O)c1ccc(F)c(C(=O)O)c1. The molecule has 0 aliphatic rings. The lowest BCUT2D eigenvalue weighted by molar-refractivity contribution is 0.0691. The van der Waals surface area contributed by atoms with Gasteiger partial charge in [0.15, 0.2) is 0 Å². The van der Waals surface area contributed by atoms with Crippen molar-refractivity contribution < 1.29 is 22.7 Å². The fourth-order valence-electron chi connectivity index (χ4n) is 1.29. The molecule has 0 aliphatic carbocycles. The molecule has 1 aromatic carbocycles. The summed E-state index contributed by atoms with van der Waals surface area (Å²) < 4.78 is 38.1. The number of aromatic carboxylic acids is 1. The lowest BCUT2D eigenvalue weighted by atomic mass is 10.2. The van der Waals surface area contributed by atoms with Gasteiger partial charge in [-0.3, -0.25) is 0 Å². The molecule has 0 saturated heterocycles. The maximum absolute atomic E-state index is 13.2. The van der Waals surface area contributed by atoms with E-state index in [1.807, 2.05) is 0 Å². The second kappa shape index (κ2) is 5.28. The molecule has 1 rings (SSSR count). The highest BCUT2D eigenvalue weighted by Gasteiger charge is 2.22. The van der Waals surface area contributed by atoms with Gasteiger partial charge in [-0.05, 0) is 18.2 Å². The number of hydrogen-bond donors (Lipinski definition) is 1. The van der Waals surface area contributed by atoms with E-state index < -0.39 is 27.4 Å². The van der Waals surface area contributed by atoms with Crippen LogP contribution in [0.3, 0.4) is 0 Å². The van der Waals surface area contributed by atoms with E-state index in [2.05, 4.69) is 6.58 Å². The monoisotopic (exact) mass is 273 g/mol. The average molecular weight is 273 g/mol. The van der Waals surface area contributed by atoms with Crippen LogP contribution in [0.5, 0.6) is 0 Å². The van der Waals surface area contributed by atoms with Gasteiger partial charge in [-0.2, -0.15) is 4.31 Å². The number of rotatable bonds is 5. The minimum absolute atomic E-state index is 0.0715. The molecule has 0 heterocycles. The van der Waals surface area contributed by atoms with Crippen molar-refractivity contribution in [2.24, 2.45) is 0 Å². The zero-order chi connectivity index (χ0) is 13.9. The Kier molecular flexibility index (Phi) is 4.20. The average Bonchev–Trinajstić information content (AvgIpc) is 2.29. The first-order valence-corrected chi connectivity index (χ1v) is 6.34. The molecule has 0 amide bonds. The van der Waals surface area contributed by atoms with Crippen LogP contribution in [0.15, 0.2) is 35.7 Å². The Balaban J connectivity index is 3.30. The summed E-state index contributed by atoms with van der Waals surface area (Å²) >= 11 is 0. The number of carbonyl (C=O) groups is 1. The molecule has 7 heteroatoms. The predicted molar refractivity (Wildman–Crippen MR) is 63.4 cm³/mol. The summed E-state index contributed by atoms with van der Waals surface area (Å²) in [6.45, 7) is 3.48. The Morgan fingerprint density at radius 2 is 2.17 bits per heavy atom. The second-order valence-electron chi connectivity index (χ2n) is 3.52. The summed E-state index contributed by atoms with van der Waals surface area (Å²) in [5.74, 6) is -2.50. The van der Waals surface area contributed by atoms with Crippen LogP contribution in [-0.2, 0) is 10.0 Å². The summed E-state index contributed by atoms with van der Waals surface area (Å²) in [6.07, 6.45) is 1.39. The molecule has 98 valence electrons. The van der Waals surface area contributed by atoms with Crippen LogP contribution in [0.4, 0.5) is 4.39 Å². The first-order chi connectivity index (χ1) is 8.30. The van der Waals surface area contributed by atoms with E-state index in [9.17, 15) is 17.6 Å². The molecule has 0 bridgehead atoms.